The molecule has 156 valence electrons. The van der Waals surface area contributed by atoms with E-state index in [1.165, 1.54) is 0 Å². The highest BCUT2D eigenvalue weighted by atomic mass is 35.5. The number of amides is 1. The summed E-state index contributed by atoms with van der Waals surface area (Å²) in [5, 5.41) is 3.62. The lowest BCUT2D eigenvalue weighted by Crippen LogP contribution is -2.23. The molecule has 0 aliphatic carbocycles. The van der Waals surface area contributed by atoms with Crippen molar-refractivity contribution in [2.24, 2.45) is 0 Å². The van der Waals surface area contributed by atoms with E-state index in [0.29, 0.717) is 28.6 Å². The molecule has 5 nitrogen and oxygen atoms in total. The molecule has 0 aromatic heterocycles. The van der Waals surface area contributed by atoms with E-state index >= 15 is 0 Å². The number of hydrogen-bond donors (Lipinski definition) is 1. The van der Waals surface area contributed by atoms with Crippen molar-refractivity contribution in [3.63, 3.8) is 0 Å². The molecule has 0 spiro atoms. The van der Waals surface area contributed by atoms with Gasteiger partial charge in [0, 0.05) is 22.7 Å². The van der Waals surface area contributed by atoms with Crippen LogP contribution in [0.25, 0.3) is 0 Å². The molecule has 0 aliphatic rings. The van der Waals surface area contributed by atoms with Gasteiger partial charge < -0.3 is 19.5 Å². The van der Waals surface area contributed by atoms with E-state index in [1.54, 1.807) is 38.5 Å². The van der Waals surface area contributed by atoms with Gasteiger partial charge in [0.25, 0.3) is 5.91 Å². The van der Waals surface area contributed by atoms with Gasteiger partial charge in [0.2, 0.25) is 0 Å². The van der Waals surface area contributed by atoms with Crippen LogP contribution in [0.5, 0.6) is 17.2 Å². The Hall–Kier alpha value is -3.18. The van der Waals surface area contributed by atoms with Gasteiger partial charge >= 0.3 is 0 Å². The summed E-state index contributed by atoms with van der Waals surface area (Å²) in [5.41, 5.74) is 3.24. The van der Waals surface area contributed by atoms with Gasteiger partial charge in [0.1, 0.15) is 23.9 Å². The average molecular weight is 426 g/mol. The van der Waals surface area contributed by atoms with E-state index in [4.69, 9.17) is 25.8 Å². The number of methoxy groups -OCH3 is 2. The predicted octanol–water partition coefficient (Wildman–Crippen LogP) is 5.17. The number of hydrogen-bond acceptors (Lipinski definition) is 4. The molecule has 3 rings (SSSR count). The van der Waals surface area contributed by atoms with Crippen molar-refractivity contribution in [3.05, 3.63) is 87.9 Å². The molecule has 0 aliphatic heterocycles. The van der Waals surface area contributed by atoms with Crippen molar-refractivity contribution in [2.75, 3.05) is 14.2 Å². The van der Waals surface area contributed by atoms with Gasteiger partial charge in [-0.1, -0.05) is 23.7 Å². The molecule has 6 heteroatoms. The summed E-state index contributed by atoms with van der Waals surface area (Å²) in [7, 11) is 3.21. The van der Waals surface area contributed by atoms with Crippen LogP contribution in [0.3, 0.4) is 0 Å². The Morgan fingerprint density at radius 3 is 2.33 bits per heavy atom. The fourth-order valence-corrected chi connectivity index (χ4v) is 3.05. The second-order valence-corrected chi connectivity index (χ2v) is 7.16. The molecule has 0 heterocycles. The fraction of sp³-hybridized carbons (Fsp3) is 0.208. The highest BCUT2D eigenvalue weighted by Gasteiger charge is 2.11. The molecule has 1 N–H and O–H groups in total. The molecule has 3 aromatic rings. The van der Waals surface area contributed by atoms with Crippen molar-refractivity contribution in [1.82, 2.24) is 5.32 Å². The molecule has 3 aromatic carbocycles. The zero-order chi connectivity index (χ0) is 21.5. The lowest BCUT2D eigenvalue weighted by Gasteiger charge is -2.13. The van der Waals surface area contributed by atoms with Crippen LogP contribution in [0.2, 0.25) is 5.02 Å². The second-order valence-electron chi connectivity index (χ2n) is 6.76. The summed E-state index contributed by atoms with van der Waals surface area (Å²) < 4.78 is 16.4. The van der Waals surface area contributed by atoms with Crippen LogP contribution in [0.4, 0.5) is 0 Å². The molecule has 0 fully saturated rings. The van der Waals surface area contributed by atoms with Gasteiger partial charge in [0.05, 0.1) is 14.2 Å². The zero-order valence-electron chi connectivity index (χ0n) is 17.2. The SMILES string of the molecule is COc1ccc(CNC(=O)c2ccc(OC)c(COc3ccc(Cl)c(C)c3)c2)cc1. The molecular formula is C24H24ClNO4. The summed E-state index contributed by atoms with van der Waals surface area (Å²) in [6, 6.07) is 18.3. The number of halogens is 1. The first-order chi connectivity index (χ1) is 14.5. The van der Waals surface area contributed by atoms with E-state index < -0.39 is 0 Å². The zero-order valence-corrected chi connectivity index (χ0v) is 18.0. The molecule has 0 unspecified atom stereocenters. The lowest BCUT2D eigenvalue weighted by atomic mass is 10.1. The third-order valence-corrected chi connectivity index (χ3v) is 5.10. The summed E-state index contributed by atoms with van der Waals surface area (Å²) in [6.45, 7) is 2.61. The van der Waals surface area contributed by atoms with E-state index in [0.717, 1.165) is 22.4 Å². The van der Waals surface area contributed by atoms with E-state index in [9.17, 15) is 4.79 Å². The first-order valence-corrected chi connectivity index (χ1v) is 9.85. The van der Waals surface area contributed by atoms with Gasteiger partial charge in [-0.15, -0.1) is 0 Å². The second kappa shape index (κ2) is 10.0. The van der Waals surface area contributed by atoms with Crippen LogP contribution in [-0.2, 0) is 13.2 Å². The highest BCUT2D eigenvalue weighted by molar-refractivity contribution is 6.31. The number of rotatable bonds is 8. The molecule has 0 bridgehead atoms. The molecule has 1 amide bonds. The van der Waals surface area contributed by atoms with Crippen molar-refractivity contribution in [1.29, 1.82) is 0 Å². The minimum absolute atomic E-state index is 0.169. The minimum Gasteiger partial charge on any atom is -0.497 e. The Labute approximate surface area is 181 Å². The first kappa shape index (κ1) is 21.5. The number of carbonyl (C=O) groups is 1. The quantitative estimate of drug-likeness (QED) is 0.540. The maximum absolute atomic E-state index is 12.6. The molecular weight excluding hydrogens is 402 g/mol. The van der Waals surface area contributed by atoms with Gasteiger partial charge in [-0.2, -0.15) is 0 Å². The number of benzene rings is 3. The van der Waals surface area contributed by atoms with Crippen molar-refractivity contribution in [2.45, 2.75) is 20.1 Å². The van der Waals surface area contributed by atoms with Crippen LogP contribution in [0.15, 0.2) is 60.7 Å². The van der Waals surface area contributed by atoms with Crippen molar-refractivity contribution < 1.29 is 19.0 Å². The van der Waals surface area contributed by atoms with Gasteiger partial charge in [0.15, 0.2) is 0 Å². The predicted molar refractivity (Wildman–Crippen MR) is 118 cm³/mol. The standard InChI is InChI=1S/C24H24ClNO4/c1-16-12-21(9-10-22(16)25)30-15-19-13-18(6-11-23(19)29-3)24(27)26-14-17-4-7-20(28-2)8-5-17/h4-13H,14-15H2,1-3H3,(H,26,27). The third kappa shape index (κ3) is 5.45. The van der Waals surface area contributed by atoms with Crippen molar-refractivity contribution >= 4 is 17.5 Å². The number of carbonyl (C=O) groups excluding carboxylic acids is 1. The summed E-state index contributed by atoms with van der Waals surface area (Å²) in [5.74, 6) is 1.97. The Morgan fingerprint density at radius 1 is 0.933 bits per heavy atom. The average Bonchev–Trinajstić information content (AvgIpc) is 2.78. The maximum Gasteiger partial charge on any atom is 0.251 e. The minimum atomic E-state index is -0.169. The Morgan fingerprint density at radius 2 is 1.67 bits per heavy atom. The molecule has 0 atom stereocenters. The summed E-state index contributed by atoms with van der Waals surface area (Å²) in [4.78, 5) is 12.6. The third-order valence-electron chi connectivity index (χ3n) is 4.68. The number of ether oxygens (including phenoxy) is 3. The first-order valence-electron chi connectivity index (χ1n) is 9.47. The van der Waals surface area contributed by atoms with E-state index in [1.807, 2.05) is 43.3 Å². The van der Waals surface area contributed by atoms with Crippen LogP contribution in [-0.4, -0.2) is 20.1 Å². The van der Waals surface area contributed by atoms with E-state index in [-0.39, 0.29) is 12.5 Å². The normalized spacial score (nSPS) is 10.4. The molecule has 0 saturated carbocycles. The Bertz CT molecular complexity index is 1020. The number of nitrogens with one attached hydrogen (secondary N) is 1. The fourth-order valence-electron chi connectivity index (χ4n) is 2.93. The largest absolute Gasteiger partial charge is 0.497 e. The highest BCUT2D eigenvalue weighted by Crippen LogP contribution is 2.25. The molecule has 0 saturated heterocycles. The molecule has 30 heavy (non-hydrogen) atoms. The van der Waals surface area contributed by atoms with Gasteiger partial charge in [-0.05, 0) is 66.6 Å². The maximum atomic E-state index is 12.6. The lowest BCUT2D eigenvalue weighted by molar-refractivity contribution is 0.0950. The van der Waals surface area contributed by atoms with Crippen LogP contribution in [0, 0.1) is 6.92 Å². The summed E-state index contributed by atoms with van der Waals surface area (Å²) >= 11 is 6.06. The van der Waals surface area contributed by atoms with Crippen LogP contribution in [0.1, 0.15) is 27.0 Å². The smallest absolute Gasteiger partial charge is 0.251 e. The molecule has 0 radical (unpaired) electrons. The Balaban J connectivity index is 1.67. The van der Waals surface area contributed by atoms with Crippen molar-refractivity contribution in [3.8, 4) is 17.2 Å². The van der Waals surface area contributed by atoms with Gasteiger partial charge in [-0.25, -0.2) is 0 Å². The Kier molecular flexibility index (Phi) is 7.20. The van der Waals surface area contributed by atoms with Crippen LogP contribution >= 0.6 is 11.6 Å². The monoisotopic (exact) mass is 425 g/mol. The van der Waals surface area contributed by atoms with Crippen LogP contribution < -0.4 is 19.5 Å². The number of aryl methyl sites for hydroxylation is 1. The summed E-state index contributed by atoms with van der Waals surface area (Å²) in [6.07, 6.45) is 0. The van der Waals surface area contributed by atoms with Gasteiger partial charge in [-0.3, -0.25) is 4.79 Å². The van der Waals surface area contributed by atoms with E-state index in [2.05, 4.69) is 5.32 Å². The topological polar surface area (TPSA) is 56.8 Å².